The van der Waals surface area contributed by atoms with Crippen LogP contribution in [0.4, 0.5) is 24.5 Å². The lowest BCUT2D eigenvalue weighted by molar-refractivity contribution is -0.385. The number of ether oxygens (including phenoxy) is 2. The lowest BCUT2D eigenvalue weighted by atomic mass is 10.1. The second-order valence-corrected chi connectivity index (χ2v) is 8.28. The number of alkyl halides is 3. The van der Waals surface area contributed by atoms with Crippen LogP contribution in [0.1, 0.15) is 18.1 Å². The van der Waals surface area contributed by atoms with Crippen LogP contribution in [0, 0.1) is 21.4 Å². The van der Waals surface area contributed by atoms with Gasteiger partial charge in [0.25, 0.3) is 5.91 Å². The highest BCUT2D eigenvalue weighted by Crippen LogP contribution is 2.44. The van der Waals surface area contributed by atoms with Crippen LogP contribution in [0.3, 0.4) is 0 Å². The van der Waals surface area contributed by atoms with Gasteiger partial charge in [0.15, 0.2) is 11.5 Å². The second-order valence-electron chi connectivity index (χ2n) is 7.44. The number of nitro benzene ring substituents is 1. The van der Waals surface area contributed by atoms with E-state index in [1.807, 2.05) is 0 Å². The first-order valence-corrected chi connectivity index (χ1v) is 11.4. The number of amides is 1. The van der Waals surface area contributed by atoms with Crippen molar-refractivity contribution in [3.63, 3.8) is 0 Å². The van der Waals surface area contributed by atoms with Crippen LogP contribution in [-0.4, -0.2) is 17.4 Å². The number of nitro groups is 1. The average molecular weight is 566 g/mol. The maximum absolute atomic E-state index is 13.0. The van der Waals surface area contributed by atoms with E-state index in [-0.39, 0.29) is 34.3 Å². The maximum atomic E-state index is 13.0. The van der Waals surface area contributed by atoms with Crippen molar-refractivity contribution in [2.45, 2.75) is 13.1 Å². The highest BCUT2D eigenvalue weighted by atomic mass is 35.5. The van der Waals surface area contributed by atoms with Crippen LogP contribution in [0.25, 0.3) is 6.08 Å². The van der Waals surface area contributed by atoms with Gasteiger partial charge in [-0.2, -0.15) is 18.4 Å². The minimum Gasteiger partial charge on any atom is -0.490 e. The Kier molecular flexibility index (Phi) is 8.83. The van der Waals surface area contributed by atoms with Crippen molar-refractivity contribution in [3.8, 4) is 23.3 Å². The fourth-order valence-corrected chi connectivity index (χ4v) is 3.59. The van der Waals surface area contributed by atoms with Crippen molar-refractivity contribution >= 4 is 46.6 Å². The zero-order chi connectivity index (χ0) is 28.0. The molecule has 0 spiro atoms. The molecule has 3 aromatic rings. The van der Waals surface area contributed by atoms with E-state index in [0.717, 1.165) is 6.07 Å². The van der Waals surface area contributed by atoms with Crippen molar-refractivity contribution in [1.29, 1.82) is 5.26 Å². The molecular weight excluding hydrogens is 550 g/mol. The van der Waals surface area contributed by atoms with E-state index < -0.39 is 34.0 Å². The van der Waals surface area contributed by atoms with Gasteiger partial charge in [0.2, 0.25) is 5.75 Å². The van der Waals surface area contributed by atoms with E-state index in [0.29, 0.717) is 22.8 Å². The molecule has 0 atom stereocenters. The molecule has 0 aromatic heterocycles. The summed E-state index contributed by atoms with van der Waals surface area (Å²) >= 11 is 12.2. The Morgan fingerprint density at radius 3 is 2.50 bits per heavy atom. The number of nitrogens with one attached hydrogen (secondary N) is 1. The SMILES string of the molecule is CCOc1cc(/C=C(\C#N)C(=O)Nc2cccc(Cl)c2)cc(Cl)c1Oc1ccc(C(F)(F)F)cc1[N+](=O)[O-]. The Hall–Kier alpha value is -4.27. The summed E-state index contributed by atoms with van der Waals surface area (Å²) < 4.78 is 50.1. The number of carbonyl (C=O) groups is 1. The fraction of sp³-hybridized carbons (Fsp3) is 0.120. The van der Waals surface area contributed by atoms with Crippen LogP contribution in [0.2, 0.25) is 10.0 Å². The number of halogens is 5. The molecule has 13 heteroatoms. The van der Waals surface area contributed by atoms with E-state index in [2.05, 4.69) is 5.32 Å². The van der Waals surface area contributed by atoms with Gasteiger partial charge in [0, 0.05) is 16.8 Å². The number of benzene rings is 3. The molecule has 0 aliphatic rings. The van der Waals surface area contributed by atoms with Crippen molar-refractivity contribution in [3.05, 3.63) is 91.5 Å². The number of rotatable bonds is 8. The molecular formula is C25H16Cl2F3N3O5. The molecule has 0 saturated carbocycles. The third-order valence-electron chi connectivity index (χ3n) is 4.79. The molecule has 1 amide bonds. The van der Waals surface area contributed by atoms with Gasteiger partial charge in [-0.3, -0.25) is 14.9 Å². The van der Waals surface area contributed by atoms with E-state index >= 15 is 0 Å². The van der Waals surface area contributed by atoms with Gasteiger partial charge in [0.05, 0.1) is 22.1 Å². The highest BCUT2D eigenvalue weighted by Gasteiger charge is 2.33. The molecule has 196 valence electrons. The van der Waals surface area contributed by atoms with Crippen LogP contribution < -0.4 is 14.8 Å². The van der Waals surface area contributed by atoms with Gasteiger partial charge in [-0.1, -0.05) is 29.3 Å². The van der Waals surface area contributed by atoms with Crippen molar-refractivity contribution in [1.82, 2.24) is 0 Å². The summed E-state index contributed by atoms with van der Waals surface area (Å²) in [5, 5.41) is 23.7. The Labute approximate surface area is 223 Å². The summed E-state index contributed by atoms with van der Waals surface area (Å²) in [6.07, 6.45) is -3.58. The normalized spacial score (nSPS) is 11.4. The van der Waals surface area contributed by atoms with Crippen molar-refractivity contribution < 1.29 is 32.4 Å². The van der Waals surface area contributed by atoms with E-state index in [4.69, 9.17) is 32.7 Å². The van der Waals surface area contributed by atoms with Crippen LogP contribution >= 0.6 is 23.2 Å². The topological polar surface area (TPSA) is 114 Å². The molecule has 0 aliphatic heterocycles. The minimum atomic E-state index is -4.80. The second kappa shape index (κ2) is 11.9. The molecule has 38 heavy (non-hydrogen) atoms. The lowest BCUT2D eigenvalue weighted by Crippen LogP contribution is -2.13. The van der Waals surface area contributed by atoms with E-state index in [1.165, 1.54) is 24.3 Å². The molecule has 0 saturated heterocycles. The molecule has 0 radical (unpaired) electrons. The zero-order valence-electron chi connectivity index (χ0n) is 19.3. The number of hydrogen-bond acceptors (Lipinski definition) is 6. The third-order valence-corrected chi connectivity index (χ3v) is 5.30. The molecule has 0 bridgehead atoms. The monoisotopic (exact) mass is 565 g/mol. The third kappa shape index (κ3) is 6.94. The number of carbonyl (C=O) groups excluding carboxylic acids is 1. The summed E-state index contributed by atoms with van der Waals surface area (Å²) in [5.74, 6) is -1.49. The van der Waals surface area contributed by atoms with Crippen LogP contribution in [0.5, 0.6) is 17.2 Å². The van der Waals surface area contributed by atoms with Gasteiger partial charge in [0.1, 0.15) is 11.6 Å². The molecule has 0 heterocycles. The Morgan fingerprint density at radius 1 is 1.16 bits per heavy atom. The van der Waals surface area contributed by atoms with E-state index in [9.17, 15) is 33.3 Å². The largest absolute Gasteiger partial charge is 0.490 e. The highest BCUT2D eigenvalue weighted by molar-refractivity contribution is 6.32. The average Bonchev–Trinajstić information content (AvgIpc) is 2.84. The zero-order valence-corrected chi connectivity index (χ0v) is 20.8. The van der Waals surface area contributed by atoms with Crippen molar-refractivity contribution in [2.75, 3.05) is 11.9 Å². The van der Waals surface area contributed by atoms with Crippen molar-refractivity contribution in [2.24, 2.45) is 0 Å². The molecule has 8 nitrogen and oxygen atoms in total. The quantitative estimate of drug-likeness (QED) is 0.130. The van der Waals surface area contributed by atoms with Gasteiger partial charge in [-0.05, 0) is 61.0 Å². The molecule has 0 aliphatic carbocycles. The number of nitriles is 1. The smallest absolute Gasteiger partial charge is 0.416 e. The predicted octanol–water partition coefficient (Wildman–Crippen LogP) is 7.66. The number of nitrogens with zero attached hydrogens (tertiary/aromatic N) is 2. The number of anilines is 1. The first kappa shape index (κ1) is 28.3. The molecule has 3 rings (SSSR count). The van der Waals surface area contributed by atoms with Gasteiger partial charge in [-0.25, -0.2) is 0 Å². The predicted molar refractivity (Wildman–Crippen MR) is 134 cm³/mol. The standard InChI is InChI=1S/C25H16Cl2F3N3O5/c1-2-37-22-10-14(8-15(13-31)24(34)32-18-5-3-4-17(26)12-18)9-19(27)23(22)38-21-7-6-16(25(28,29)30)11-20(21)33(35)36/h3-12H,2H2,1H3,(H,32,34)/b15-8+. The Bertz CT molecular complexity index is 1470. The Morgan fingerprint density at radius 2 is 1.89 bits per heavy atom. The van der Waals surface area contributed by atoms with Crippen LogP contribution in [-0.2, 0) is 11.0 Å². The molecule has 0 unspecified atom stereocenters. The molecule has 1 N–H and O–H groups in total. The summed E-state index contributed by atoms with van der Waals surface area (Å²) in [4.78, 5) is 23.0. The molecule has 0 fully saturated rings. The Balaban J connectivity index is 1.98. The van der Waals surface area contributed by atoms with Gasteiger partial charge >= 0.3 is 11.9 Å². The fourth-order valence-electron chi connectivity index (χ4n) is 3.15. The minimum absolute atomic E-state index is 0.0343. The first-order chi connectivity index (χ1) is 17.9. The molecule has 3 aromatic carbocycles. The van der Waals surface area contributed by atoms with E-state index in [1.54, 1.807) is 31.2 Å². The summed E-state index contributed by atoms with van der Waals surface area (Å²) in [5.41, 5.74) is -1.86. The van der Waals surface area contributed by atoms with Gasteiger partial charge < -0.3 is 14.8 Å². The lowest BCUT2D eigenvalue weighted by Gasteiger charge is -2.15. The summed E-state index contributed by atoms with van der Waals surface area (Å²) in [6, 6.07) is 12.5. The summed E-state index contributed by atoms with van der Waals surface area (Å²) in [6.45, 7) is 1.72. The maximum Gasteiger partial charge on any atom is 0.416 e. The number of hydrogen-bond donors (Lipinski definition) is 1. The first-order valence-electron chi connectivity index (χ1n) is 10.6. The summed E-state index contributed by atoms with van der Waals surface area (Å²) in [7, 11) is 0. The van der Waals surface area contributed by atoms with Gasteiger partial charge in [-0.15, -0.1) is 0 Å². The van der Waals surface area contributed by atoms with Crippen LogP contribution in [0.15, 0.2) is 60.2 Å².